The number of aryl methyl sites for hydroxylation is 1. The van der Waals surface area contributed by atoms with Gasteiger partial charge in [-0.25, -0.2) is 4.39 Å². The van der Waals surface area contributed by atoms with Crippen molar-refractivity contribution in [3.8, 4) is 0 Å². The standard InChI is InChI=1S/C27H29FN4O4/c1-18-17-23(31-36-18)30-24(33)15-16-25(34)32(20-11-3-2-4-12-20)26(21-13-7-8-14-22(21)28)27(35)29-19-9-5-6-10-19/h2-4,7-8,11-14,17,19,26H,5-6,9-10,15-16H2,1H3,(H,29,35)(H,30,31,33)/t26-/m1/s1. The number of halogens is 1. The SMILES string of the molecule is Cc1cc(NC(=O)CCC(=O)N(c2ccccc2)[C@@H](C(=O)NC2CCCC2)c2ccccc2F)no1. The fraction of sp³-hybridized carbons (Fsp3) is 0.333. The maximum Gasteiger partial charge on any atom is 0.248 e. The van der Waals surface area contributed by atoms with Crippen molar-refractivity contribution in [2.24, 2.45) is 0 Å². The minimum atomic E-state index is -1.23. The number of hydrogen-bond donors (Lipinski definition) is 2. The van der Waals surface area contributed by atoms with E-state index in [4.69, 9.17) is 4.52 Å². The van der Waals surface area contributed by atoms with Gasteiger partial charge >= 0.3 is 0 Å². The zero-order valence-electron chi connectivity index (χ0n) is 20.1. The molecule has 0 saturated heterocycles. The third kappa shape index (κ3) is 6.16. The molecule has 0 spiro atoms. The van der Waals surface area contributed by atoms with E-state index in [9.17, 15) is 14.4 Å². The largest absolute Gasteiger partial charge is 0.360 e. The van der Waals surface area contributed by atoms with Gasteiger partial charge in [-0.2, -0.15) is 0 Å². The highest BCUT2D eigenvalue weighted by Crippen LogP contribution is 2.31. The molecule has 4 rings (SSSR count). The zero-order valence-corrected chi connectivity index (χ0v) is 20.1. The Morgan fingerprint density at radius 3 is 2.42 bits per heavy atom. The van der Waals surface area contributed by atoms with Gasteiger partial charge in [0, 0.05) is 36.2 Å². The molecule has 1 aliphatic rings. The van der Waals surface area contributed by atoms with Gasteiger partial charge in [0.2, 0.25) is 17.7 Å². The molecular weight excluding hydrogens is 463 g/mol. The van der Waals surface area contributed by atoms with Gasteiger partial charge in [0.1, 0.15) is 17.6 Å². The van der Waals surface area contributed by atoms with Gasteiger partial charge < -0.3 is 15.2 Å². The predicted molar refractivity (Wildman–Crippen MR) is 133 cm³/mol. The molecule has 1 aromatic heterocycles. The Kier molecular flexibility index (Phi) is 8.10. The Labute approximate surface area is 208 Å². The molecule has 1 saturated carbocycles. The van der Waals surface area contributed by atoms with Gasteiger partial charge in [-0.3, -0.25) is 19.3 Å². The Balaban J connectivity index is 1.61. The molecule has 3 aromatic rings. The average molecular weight is 493 g/mol. The maximum atomic E-state index is 15.0. The number of aromatic nitrogens is 1. The predicted octanol–water partition coefficient (Wildman–Crippen LogP) is 4.67. The van der Waals surface area contributed by atoms with Crippen LogP contribution in [-0.4, -0.2) is 28.9 Å². The van der Waals surface area contributed by atoms with E-state index in [0.29, 0.717) is 11.4 Å². The number of nitrogens with zero attached hydrogens (tertiary/aromatic N) is 2. The van der Waals surface area contributed by atoms with Gasteiger partial charge in [0.15, 0.2) is 5.82 Å². The number of nitrogens with one attached hydrogen (secondary N) is 2. The first-order valence-electron chi connectivity index (χ1n) is 12.1. The summed E-state index contributed by atoms with van der Waals surface area (Å²) in [6.07, 6.45) is 3.36. The molecule has 0 bridgehead atoms. The van der Waals surface area contributed by atoms with Crippen LogP contribution in [0.25, 0.3) is 0 Å². The van der Waals surface area contributed by atoms with Gasteiger partial charge in [0.25, 0.3) is 0 Å². The molecule has 2 aromatic carbocycles. The number of rotatable bonds is 9. The number of carbonyl (C=O) groups excluding carboxylic acids is 3. The Morgan fingerprint density at radius 1 is 1.06 bits per heavy atom. The van der Waals surface area contributed by atoms with Crippen molar-refractivity contribution in [3.05, 3.63) is 77.8 Å². The van der Waals surface area contributed by atoms with Crippen LogP contribution in [0.5, 0.6) is 0 Å². The lowest BCUT2D eigenvalue weighted by Crippen LogP contribution is -2.46. The van der Waals surface area contributed by atoms with Crippen molar-refractivity contribution >= 4 is 29.2 Å². The van der Waals surface area contributed by atoms with Crippen LogP contribution >= 0.6 is 0 Å². The van der Waals surface area contributed by atoms with Crippen molar-refractivity contribution < 1.29 is 23.3 Å². The molecule has 1 heterocycles. The van der Waals surface area contributed by atoms with Gasteiger partial charge in [-0.15, -0.1) is 0 Å². The van der Waals surface area contributed by atoms with Crippen LogP contribution in [-0.2, 0) is 14.4 Å². The smallest absolute Gasteiger partial charge is 0.248 e. The van der Waals surface area contributed by atoms with E-state index >= 15 is 4.39 Å². The minimum Gasteiger partial charge on any atom is -0.360 e. The highest BCUT2D eigenvalue weighted by Gasteiger charge is 2.35. The number of amides is 3. The summed E-state index contributed by atoms with van der Waals surface area (Å²) in [5.41, 5.74) is 0.526. The second-order valence-corrected chi connectivity index (χ2v) is 8.88. The topological polar surface area (TPSA) is 105 Å². The summed E-state index contributed by atoms with van der Waals surface area (Å²) < 4.78 is 20.0. The summed E-state index contributed by atoms with van der Waals surface area (Å²) in [6.45, 7) is 1.70. The molecule has 9 heteroatoms. The number of carbonyl (C=O) groups is 3. The first kappa shape index (κ1) is 25.1. The van der Waals surface area contributed by atoms with Crippen LogP contribution in [0.15, 0.2) is 65.2 Å². The molecule has 0 aliphatic heterocycles. The summed E-state index contributed by atoms with van der Waals surface area (Å²) in [5, 5.41) is 9.31. The zero-order chi connectivity index (χ0) is 25.5. The second-order valence-electron chi connectivity index (χ2n) is 8.88. The van der Waals surface area contributed by atoms with Crippen LogP contribution in [0.3, 0.4) is 0 Å². The molecule has 1 aliphatic carbocycles. The van der Waals surface area contributed by atoms with Crippen LogP contribution in [0.4, 0.5) is 15.9 Å². The van der Waals surface area contributed by atoms with Crippen LogP contribution < -0.4 is 15.5 Å². The van der Waals surface area contributed by atoms with E-state index in [2.05, 4.69) is 15.8 Å². The molecule has 8 nitrogen and oxygen atoms in total. The molecule has 1 atom stereocenters. The van der Waals surface area contributed by atoms with Crippen molar-refractivity contribution in [2.45, 2.75) is 57.5 Å². The van der Waals surface area contributed by atoms with Gasteiger partial charge in [-0.05, 0) is 38.0 Å². The Morgan fingerprint density at radius 2 is 1.75 bits per heavy atom. The Bertz CT molecular complexity index is 1210. The molecule has 0 radical (unpaired) electrons. The van der Waals surface area contributed by atoms with E-state index in [1.807, 2.05) is 0 Å². The molecule has 0 unspecified atom stereocenters. The quantitative estimate of drug-likeness (QED) is 0.452. The fourth-order valence-corrected chi connectivity index (χ4v) is 4.44. The number of anilines is 2. The molecule has 36 heavy (non-hydrogen) atoms. The van der Waals surface area contributed by atoms with Gasteiger partial charge in [0.05, 0.1) is 0 Å². The van der Waals surface area contributed by atoms with Crippen molar-refractivity contribution in [2.75, 3.05) is 10.2 Å². The van der Waals surface area contributed by atoms with E-state index in [1.165, 1.54) is 23.1 Å². The monoisotopic (exact) mass is 492 g/mol. The van der Waals surface area contributed by atoms with Crippen molar-refractivity contribution in [3.63, 3.8) is 0 Å². The van der Waals surface area contributed by atoms with Crippen LogP contribution in [0.2, 0.25) is 0 Å². The van der Waals surface area contributed by atoms with Crippen LogP contribution in [0.1, 0.15) is 55.9 Å². The third-order valence-electron chi connectivity index (χ3n) is 6.17. The lowest BCUT2D eigenvalue weighted by Gasteiger charge is -2.32. The second kappa shape index (κ2) is 11.6. The summed E-state index contributed by atoms with van der Waals surface area (Å²) >= 11 is 0. The first-order valence-corrected chi connectivity index (χ1v) is 12.1. The number of para-hydroxylation sites is 1. The van der Waals surface area contributed by atoms with Gasteiger partial charge in [-0.1, -0.05) is 54.4 Å². The Hall–Kier alpha value is -4.01. The average Bonchev–Trinajstić information content (AvgIpc) is 3.53. The fourth-order valence-electron chi connectivity index (χ4n) is 4.44. The lowest BCUT2D eigenvalue weighted by atomic mass is 10.0. The van der Waals surface area contributed by atoms with Crippen molar-refractivity contribution in [1.29, 1.82) is 0 Å². The summed E-state index contributed by atoms with van der Waals surface area (Å²) in [6, 6.07) is 14.9. The first-order chi connectivity index (χ1) is 17.4. The van der Waals surface area contributed by atoms with E-state index in [1.54, 1.807) is 49.4 Å². The summed E-state index contributed by atoms with van der Waals surface area (Å²) in [7, 11) is 0. The number of hydrogen-bond acceptors (Lipinski definition) is 5. The van der Waals surface area contributed by atoms with E-state index < -0.39 is 29.6 Å². The molecule has 188 valence electrons. The van der Waals surface area contributed by atoms with Crippen molar-refractivity contribution in [1.82, 2.24) is 10.5 Å². The normalized spacial score (nSPS) is 14.3. The van der Waals surface area contributed by atoms with E-state index in [-0.39, 0.29) is 30.3 Å². The highest BCUT2D eigenvalue weighted by atomic mass is 19.1. The highest BCUT2D eigenvalue weighted by molar-refractivity contribution is 6.03. The lowest BCUT2D eigenvalue weighted by molar-refractivity contribution is -0.127. The van der Waals surface area contributed by atoms with Crippen LogP contribution in [0, 0.1) is 12.7 Å². The summed E-state index contributed by atoms with van der Waals surface area (Å²) in [5.74, 6) is -1.16. The number of benzene rings is 2. The molecular formula is C27H29FN4O4. The molecule has 1 fully saturated rings. The third-order valence-corrected chi connectivity index (χ3v) is 6.17. The maximum absolute atomic E-state index is 15.0. The van der Waals surface area contributed by atoms with E-state index in [0.717, 1.165) is 25.7 Å². The minimum absolute atomic E-state index is 0.0174. The molecule has 3 amide bonds. The summed E-state index contributed by atoms with van der Waals surface area (Å²) in [4.78, 5) is 40.9. The molecule has 2 N–H and O–H groups in total.